The minimum Gasteiger partial charge on any atom is -0.394 e. The predicted molar refractivity (Wildman–Crippen MR) is 45.9 cm³/mol. The smallest absolute Gasteiger partial charge is 0.209 e. The highest BCUT2D eigenvalue weighted by molar-refractivity contribution is 7.99. The second-order valence-electron chi connectivity index (χ2n) is 2.57. The van der Waals surface area contributed by atoms with Crippen LogP contribution in [0, 0.1) is 0 Å². The van der Waals surface area contributed by atoms with E-state index in [-0.39, 0.29) is 6.61 Å². The Hall–Kier alpha value is -0.620. The number of hydrogen-bond acceptors (Lipinski definition) is 5. The number of aromatic nitrogens is 4. The van der Waals surface area contributed by atoms with Crippen LogP contribution in [0.4, 0.5) is 0 Å². The van der Waals surface area contributed by atoms with Gasteiger partial charge in [-0.25, -0.2) is 4.68 Å². The molecule has 1 N–H and O–H groups in total. The van der Waals surface area contributed by atoms with E-state index < -0.39 is 0 Å². The SMILES string of the molecule is CC(C)Sc1nnnn1CCO. The van der Waals surface area contributed by atoms with Crippen LogP contribution in [0.2, 0.25) is 0 Å². The fraction of sp³-hybridized carbons (Fsp3) is 0.833. The van der Waals surface area contributed by atoms with Crippen molar-refractivity contribution in [3.8, 4) is 0 Å². The van der Waals surface area contributed by atoms with Gasteiger partial charge in [-0.1, -0.05) is 25.6 Å². The van der Waals surface area contributed by atoms with Crippen molar-refractivity contribution in [3.63, 3.8) is 0 Å². The maximum atomic E-state index is 8.67. The topological polar surface area (TPSA) is 63.8 Å². The van der Waals surface area contributed by atoms with Crippen LogP contribution in [0.5, 0.6) is 0 Å². The molecule has 0 bridgehead atoms. The van der Waals surface area contributed by atoms with Crippen molar-refractivity contribution in [2.24, 2.45) is 0 Å². The van der Waals surface area contributed by atoms with Crippen LogP contribution >= 0.6 is 11.8 Å². The van der Waals surface area contributed by atoms with Crippen molar-refractivity contribution in [1.29, 1.82) is 0 Å². The lowest BCUT2D eigenvalue weighted by Crippen LogP contribution is -2.06. The van der Waals surface area contributed by atoms with Crippen LogP contribution in [0.1, 0.15) is 13.8 Å². The Morgan fingerprint density at radius 1 is 1.58 bits per heavy atom. The summed E-state index contributed by atoms with van der Waals surface area (Å²) >= 11 is 1.59. The number of tetrazole rings is 1. The van der Waals surface area contributed by atoms with Gasteiger partial charge in [0.25, 0.3) is 0 Å². The van der Waals surface area contributed by atoms with E-state index in [4.69, 9.17) is 5.11 Å². The maximum absolute atomic E-state index is 8.67. The first kappa shape index (κ1) is 9.47. The summed E-state index contributed by atoms with van der Waals surface area (Å²) in [5.74, 6) is 0. The fourth-order valence-corrected chi connectivity index (χ4v) is 1.48. The third-order valence-corrected chi connectivity index (χ3v) is 2.13. The van der Waals surface area contributed by atoms with E-state index >= 15 is 0 Å². The molecule has 0 aliphatic carbocycles. The molecule has 0 unspecified atom stereocenters. The van der Waals surface area contributed by atoms with E-state index in [0.717, 1.165) is 5.16 Å². The highest BCUT2D eigenvalue weighted by Gasteiger charge is 2.07. The van der Waals surface area contributed by atoms with Gasteiger partial charge in [-0.2, -0.15) is 0 Å². The summed E-state index contributed by atoms with van der Waals surface area (Å²) in [6, 6.07) is 0. The first-order valence-electron chi connectivity index (χ1n) is 3.77. The molecule has 6 heteroatoms. The molecular weight excluding hydrogens is 176 g/mol. The normalized spacial score (nSPS) is 11.0. The number of hydrogen-bond donors (Lipinski definition) is 1. The molecule has 0 atom stereocenters. The molecule has 1 aromatic rings. The van der Waals surface area contributed by atoms with E-state index in [1.54, 1.807) is 16.4 Å². The molecule has 0 aliphatic rings. The van der Waals surface area contributed by atoms with Gasteiger partial charge in [0, 0.05) is 5.25 Å². The number of nitrogens with zero attached hydrogens (tertiary/aromatic N) is 4. The van der Waals surface area contributed by atoms with Gasteiger partial charge in [-0.05, 0) is 10.4 Å². The van der Waals surface area contributed by atoms with Crippen molar-refractivity contribution in [2.45, 2.75) is 30.8 Å². The second kappa shape index (κ2) is 4.42. The first-order valence-corrected chi connectivity index (χ1v) is 4.65. The van der Waals surface area contributed by atoms with Gasteiger partial charge in [-0.15, -0.1) is 5.10 Å². The molecular formula is C6H12N4OS. The zero-order chi connectivity index (χ0) is 8.97. The Bertz CT molecular complexity index is 237. The van der Waals surface area contributed by atoms with Crippen molar-refractivity contribution in [2.75, 3.05) is 6.61 Å². The van der Waals surface area contributed by atoms with Gasteiger partial charge in [0.1, 0.15) is 0 Å². The van der Waals surface area contributed by atoms with E-state index in [1.807, 2.05) is 0 Å². The molecule has 0 saturated carbocycles. The van der Waals surface area contributed by atoms with Crippen molar-refractivity contribution < 1.29 is 5.11 Å². The number of aliphatic hydroxyl groups is 1. The van der Waals surface area contributed by atoms with Crippen molar-refractivity contribution >= 4 is 11.8 Å². The predicted octanol–water partition coefficient (Wildman–Crippen LogP) is 0.166. The number of thioether (sulfide) groups is 1. The Kier molecular flexibility index (Phi) is 3.48. The molecule has 0 saturated heterocycles. The van der Waals surface area contributed by atoms with Crippen molar-refractivity contribution in [3.05, 3.63) is 0 Å². The molecule has 0 aliphatic heterocycles. The molecule has 5 nitrogen and oxygen atoms in total. The maximum Gasteiger partial charge on any atom is 0.209 e. The van der Waals surface area contributed by atoms with Crippen LogP contribution in [-0.2, 0) is 6.54 Å². The monoisotopic (exact) mass is 188 g/mol. The molecule has 0 radical (unpaired) electrons. The molecule has 0 spiro atoms. The molecule has 0 fully saturated rings. The minimum absolute atomic E-state index is 0.0662. The Morgan fingerprint density at radius 3 is 2.92 bits per heavy atom. The average molecular weight is 188 g/mol. The number of rotatable bonds is 4. The Labute approximate surface area is 75.2 Å². The van der Waals surface area contributed by atoms with Gasteiger partial charge >= 0.3 is 0 Å². The summed E-state index contributed by atoms with van der Waals surface area (Å²) in [5, 5.41) is 21.0. The lowest BCUT2D eigenvalue weighted by Gasteiger charge is -2.03. The van der Waals surface area contributed by atoms with E-state index in [9.17, 15) is 0 Å². The van der Waals surface area contributed by atoms with E-state index in [2.05, 4.69) is 29.4 Å². The minimum atomic E-state index is 0.0662. The third-order valence-electron chi connectivity index (χ3n) is 1.15. The highest BCUT2D eigenvalue weighted by Crippen LogP contribution is 2.18. The standard InChI is InChI=1S/C6H12N4OS/c1-5(2)12-6-7-8-9-10(6)3-4-11/h5,11H,3-4H2,1-2H3. The Balaban J connectivity index is 2.63. The molecule has 12 heavy (non-hydrogen) atoms. The molecule has 1 aromatic heterocycles. The summed E-state index contributed by atoms with van der Waals surface area (Å²) in [6.45, 7) is 4.67. The van der Waals surface area contributed by atoms with Crippen LogP contribution in [0.15, 0.2) is 5.16 Å². The molecule has 0 amide bonds. The van der Waals surface area contributed by atoms with Crippen LogP contribution in [-0.4, -0.2) is 37.2 Å². The first-order chi connectivity index (χ1) is 5.74. The summed E-state index contributed by atoms with van der Waals surface area (Å²) in [6.07, 6.45) is 0. The van der Waals surface area contributed by atoms with E-state index in [1.165, 1.54) is 0 Å². The molecule has 68 valence electrons. The summed E-state index contributed by atoms with van der Waals surface area (Å²) in [4.78, 5) is 0. The molecule has 0 aromatic carbocycles. The zero-order valence-electron chi connectivity index (χ0n) is 7.14. The summed E-state index contributed by atoms with van der Waals surface area (Å²) < 4.78 is 1.60. The van der Waals surface area contributed by atoms with E-state index in [0.29, 0.717) is 11.8 Å². The summed E-state index contributed by atoms with van der Waals surface area (Å²) in [5.41, 5.74) is 0. The van der Waals surface area contributed by atoms with Crippen molar-refractivity contribution in [1.82, 2.24) is 20.2 Å². The number of aliphatic hydroxyl groups excluding tert-OH is 1. The fourth-order valence-electron chi connectivity index (χ4n) is 0.727. The lowest BCUT2D eigenvalue weighted by molar-refractivity contribution is 0.262. The van der Waals surface area contributed by atoms with Gasteiger partial charge < -0.3 is 5.11 Å². The van der Waals surface area contributed by atoms with Crippen LogP contribution in [0.3, 0.4) is 0 Å². The Morgan fingerprint density at radius 2 is 2.33 bits per heavy atom. The zero-order valence-corrected chi connectivity index (χ0v) is 7.95. The van der Waals surface area contributed by atoms with Gasteiger partial charge in [-0.3, -0.25) is 0 Å². The summed E-state index contributed by atoms with van der Waals surface area (Å²) in [7, 11) is 0. The second-order valence-corrected chi connectivity index (χ2v) is 4.12. The van der Waals surface area contributed by atoms with Crippen LogP contribution < -0.4 is 0 Å². The average Bonchev–Trinajstić information content (AvgIpc) is 2.37. The molecule has 1 rings (SSSR count). The third kappa shape index (κ3) is 2.46. The van der Waals surface area contributed by atoms with Crippen LogP contribution in [0.25, 0.3) is 0 Å². The van der Waals surface area contributed by atoms with Gasteiger partial charge in [0.2, 0.25) is 5.16 Å². The highest BCUT2D eigenvalue weighted by atomic mass is 32.2. The quantitative estimate of drug-likeness (QED) is 0.682. The van der Waals surface area contributed by atoms with Gasteiger partial charge in [0.15, 0.2) is 0 Å². The molecule has 1 heterocycles. The lowest BCUT2D eigenvalue weighted by atomic mass is 10.6. The van der Waals surface area contributed by atoms with Gasteiger partial charge in [0.05, 0.1) is 13.2 Å². The largest absolute Gasteiger partial charge is 0.394 e.